The maximum absolute atomic E-state index is 13.1. The van der Waals surface area contributed by atoms with Gasteiger partial charge >= 0.3 is 0 Å². The number of aromatic nitrogens is 2. The lowest BCUT2D eigenvalue weighted by Gasteiger charge is -2.38. The standard InChI is InChI=1S/C24H26ClN3O3/c1-16-3-8-21(30-2)20(13-16)24(9-11-31-12-10-24)15-26-23(29)19-14-27-28-22(19)17-4-6-18(25)7-5-17/h3-8,13-14H,9-12,15H2,1-2H3,(H,26,29)(H,27,28). The summed E-state index contributed by atoms with van der Waals surface area (Å²) in [6.45, 7) is 3.85. The van der Waals surface area contributed by atoms with Crippen LogP contribution in [0.3, 0.4) is 0 Å². The summed E-state index contributed by atoms with van der Waals surface area (Å²) in [4.78, 5) is 13.1. The van der Waals surface area contributed by atoms with Gasteiger partial charge in [0.25, 0.3) is 5.91 Å². The van der Waals surface area contributed by atoms with Crippen molar-refractivity contribution in [2.75, 3.05) is 26.9 Å². The molecule has 1 aliphatic heterocycles. The van der Waals surface area contributed by atoms with Crippen LogP contribution < -0.4 is 10.1 Å². The molecule has 1 fully saturated rings. The summed E-state index contributed by atoms with van der Waals surface area (Å²) in [5.41, 5.74) is 4.05. The molecule has 1 saturated heterocycles. The van der Waals surface area contributed by atoms with Gasteiger partial charge in [0.1, 0.15) is 5.75 Å². The van der Waals surface area contributed by atoms with Crippen molar-refractivity contribution in [1.29, 1.82) is 0 Å². The maximum Gasteiger partial charge on any atom is 0.255 e. The van der Waals surface area contributed by atoms with Crippen molar-refractivity contribution >= 4 is 17.5 Å². The summed E-state index contributed by atoms with van der Waals surface area (Å²) in [7, 11) is 1.68. The number of nitrogens with one attached hydrogen (secondary N) is 2. The second-order valence-electron chi connectivity index (χ2n) is 7.94. The van der Waals surface area contributed by atoms with Crippen LogP contribution in [0.4, 0.5) is 0 Å². The van der Waals surface area contributed by atoms with Crippen LogP contribution >= 0.6 is 11.6 Å². The fourth-order valence-electron chi connectivity index (χ4n) is 4.18. The van der Waals surface area contributed by atoms with Crippen LogP contribution in [0.5, 0.6) is 5.75 Å². The van der Waals surface area contributed by atoms with Crippen molar-refractivity contribution in [2.24, 2.45) is 0 Å². The molecule has 1 aromatic heterocycles. The molecule has 1 amide bonds. The molecule has 2 heterocycles. The molecule has 3 aromatic rings. The molecule has 2 aromatic carbocycles. The number of amides is 1. The van der Waals surface area contributed by atoms with Gasteiger partial charge in [0.15, 0.2) is 0 Å². The lowest BCUT2D eigenvalue weighted by molar-refractivity contribution is 0.0479. The highest BCUT2D eigenvalue weighted by Gasteiger charge is 2.37. The van der Waals surface area contributed by atoms with Crippen LogP contribution in [0, 0.1) is 6.92 Å². The first-order valence-corrected chi connectivity index (χ1v) is 10.7. The quantitative estimate of drug-likeness (QED) is 0.591. The number of aromatic amines is 1. The molecule has 31 heavy (non-hydrogen) atoms. The maximum atomic E-state index is 13.1. The molecule has 162 valence electrons. The van der Waals surface area contributed by atoms with E-state index >= 15 is 0 Å². The molecule has 0 unspecified atom stereocenters. The number of hydrogen-bond donors (Lipinski definition) is 2. The van der Waals surface area contributed by atoms with E-state index in [9.17, 15) is 4.79 Å². The minimum absolute atomic E-state index is 0.170. The molecule has 7 heteroatoms. The number of methoxy groups -OCH3 is 1. The van der Waals surface area contributed by atoms with Crippen molar-refractivity contribution in [3.63, 3.8) is 0 Å². The predicted molar refractivity (Wildman–Crippen MR) is 121 cm³/mol. The van der Waals surface area contributed by atoms with Gasteiger partial charge in [-0.05, 0) is 38.0 Å². The van der Waals surface area contributed by atoms with Gasteiger partial charge in [0.05, 0.1) is 24.6 Å². The second-order valence-corrected chi connectivity index (χ2v) is 8.38. The van der Waals surface area contributed by atoms with Crippen LogP contribution in [0.2, 0.25) is 5.02 Å². The van der Waals surface area contributed by atoms with Crippen LogP contribution in [0.15, 0.2) is 48.7 Å². The summed E-state index contributed by atoms with van der Waals surface area (Å²) >= 11 is 5.99. The Morgan fingerprint density at radius 1 is 1.23 bits per heavy atom. The van der Waals surface area contributed by atoms with Gasteiger partial charge in [-0.3, -0.25) is 9.89 Å². The lowest BCUT2D eigenvalue weighted by atomic mass is 9.73. The summed E-state index contributed by atoms with van der Waals surface area (Å²) in [6, 6.07) is 13.5. The number of carbonyl (C=O) groups excluding carboxylic acids is 1. The third kappa shape index (κ3) is 4.45. The molecular weight excluding hydrogens is 414 g/mol. The fraction of sp³-hybridized carbons (Fsp3) is 0.333. The van der Waals surface area contributed by atoms with Crippen molar-refractivity contribution in [3.8, 4) is 17.0 Å². The Morgan fingerprint density at radius 2 is 1.97 bits per heavy atom. The van der Waals surface area contributed by atoms with Crippen LogP contribution in [-0.2, 0) is 10.2 Å². The Kier molecular flexibility index (Phi) is 6.30. The first kappa shape index (κ1) is 21.4. The topological polar surface area (TPSA) is 76.2 Å². The molecule has 0 radical (unpaired) electrons. The number of halogens is 1. The number of rotatable bonds is 6. The summed E-state index contributed by atoms with van der Waals surface area (Å²) in [5, 5.41) is 10.8. The highest BCUT2D eigenvalue weighted by atomic mass is 35.5. The highest BCUT2D eigenvalue weighted by molar-refractivity contribution is 6.30. The van der Waals surface area contributed by atoms with E-state index in [-0.39, 0.29) is 11.3 Å². The van der Waals surface area contributed by atoms with Gasteiger partial charge in [0, 0.05) is 41.3 Å². The molecular formula is C24H26ClN3O3. The van der Waals surface area contributed by atoms with Gasteiger partial charge in [-0.1, -0.05) is 41.4 Å². The third-order valence-electron chi connectivity index (χ3n) is 5.98. The van der Waals surface area contributed by atoms with Crippen LogP contribution in [-0.4, -0.2) is 43.0 Å². The van der Waals surface area contributed by atoms with Gasteiger partial charge in [-0.25, -0.2) is 0 Å². The molecule has 0 bridgehead atoms. The number of ether oxygens (including phenoxy) is 2. The number of nitrogens with zero attached hydrogens (tertiary/aromatic N) is 1. The molecule has 0 saturated carbocycles. The summed E-state index contributed by atoms with van der Waals surface area (Å²) in [6.07, 6.45) is 3.17. The van der Waals surface area contributed by atoms with Crippen molar-refractivity contribution in [1.82, 2.24) is 15.5 Å². The zero-order chi connectivity index (χ0) is 21.8. The number of H-pyrrole nitrogens is 1. The molecule has 6 nitrogen and oxygen atoms in total. The predicted octanol–water partition coefficient (Wildman–Crippen LogP) is 4.53. The Labute approximate surface area is 186 Å². The average Bonchev–Trinajstić information content (AvgIpc) is 3.29. The fourth-order valence-corrected chi connectivity index (χ4v) is 4.31. The van der Waals surface area contributed by atoms with E-state index in [1.54, 1.807) is 25.4 Å². The van der Waals surface area contributed by atoms with Gasteiger partial charge in [0.2, 0.25) is 0 Å². The Balaban J connectivity index is 1.60. The average molecular weight is 440 g/mol. The minimum Gasteiger partial charge on any atom is -0.496 e. The normalized spacial score (nSPS) is 15.5. The number of aryl methyl sites for hydroxylation is 1. The number of benzene rings is 2. The Hall–Kier alpha value is -2.83. The van der Waals surface area contributed by atoms with Gasteiger partial charge in [-0.2, -0.15) is 5.10 Å². The molecule has 4 rings (SSSR count). The molecule has 0 atom stereocenters. The monoisotopic (exact) mass is 439 g/mol. The van der Waals surface area contributed by atoms with Crippen molar-refractivity contribution in [2.45, 2.75) is 25.2 Å². The SMILES string of the molecule is COc1ccc(C)cc1C1(CNC(=O)c2cn[nH]c2-c2ccc(Cl)cc2)CCOCC1. The Bertz CT molecular complexity index is 1060. The highest BCUT2D eigenvalue weighted by Crippen LogP contribution is 2.40. The van der Waals surface area contributed by atoms with Gasteiger partial charge < -0.3 is 14.8 Å². The first-order valence-electron chi connectivity index (χ1n) is 10.3. The van der Waals surface area contributed by atoms with E-state index in [4.69, 9.17) is 21.1 Å². The summed E-state index contributed by atoms with van der Waals surface area (Å²) in [5.74, 6) is 0.670. The zero-order valence-corrected chi connectivity index (χ0v) is 18.5. The van der Waals surface area contributed by atoms with E-state index in [1.165, 1.54) is 0 Å². The third-order valence-corrected chi connectivity index (χ3v) is 6.23. The second kappa shape index (κ2) is 9.12. The largest absolute Gasteiger partial charge is 0.496 e. The van der Waals surface area contributed by atoms with E-state index in [2.05, 4.69) is 28.5 Å². The lowest BCUT2D eigenvalue weighted by Crippen LogP contribution is -2.45. The first-order chi connectivity index (χ1) is 15.0. The number of carbonyl (C=O) groups is 1. The molecule has 0 spiro atoms. The van der Waals surface area contributed by atoms with E-state index < -0.39 is 0 Å². The van der Waals surface area contributed by atoms with Crippen molar-refractivity contribution in [3.05, 3.63) is 70.4 Å². The molecule has 2 N–H and O–H groups in total. The zero-order valence-electron chi connectivity index (χ0n) is 17.7. The minimum atomic E-state index is -0.255. The van der Waals surface area contributed by atoms with Gasteiger partial charge in [-0.15, -0.1) is 0 Å². The Morgan fingerprint density at radius 3 is 2.68 bits per heavy atom. The van der Waals surface area contributed by atoms with Crippen LogP contribution in [0.25, 0.3) is 11.3 Å². The molecule has 1 aliphatic rings. The van der Waals surface area contributed by atoms with E-state index in [1.807, 2.05) is 24.3 Å². The van der Waals surface area contributed by atoms with E-state index in [0.29, 0.717) is 36.0 Å². The molecule has 0 aliphatic carbocycles. The number of hydrogen-bond acceptors (Lipinski definition) is 4. The smallest absolute Gasteiger partial charge is 0.255 e. The van der Waals surface area contributed by atoms with E-state index in [0.717, 1.165) is 35.3 Å². The summed E-state index contributed by atoms with van der Waals surface area (Å²) < 4.78 is 11.3. The van der Waals surface area contributed by atoms with Crippen LogP contribution in [0.1, 0.15) is 34.3 Å². The van der Waals surface area contributed by atoms with Crippen molar-refractivity contribution < 1.29 is 14.3 Å².